The third-order valence-corrected chi connectivity index (χ3v) is 1.48. The second kappa shape index (κ2) is 5.65. The third-order valence-electron chi connectivity index (χ3n) is 1.48. The average molecular weight is 255 g/mol. The average Bonchev–Trinajstić information content (AvgIpc) is 2.17. The molecule has 1 amide bonds. The van der Waals surface area contributed by atoms with Crippen molar-refractivity contribution in [2.24, 2.45) is 0 Å². The molecule has 0 aliphatic heterocycles. The zero-order chi connectivity index (χ0) is 13.8. The standard InChI is InChI=1S/C9H14BN3O5/c1-9(2,3)17-8(14)13-7-11-4-6(5-12-7)18-10(15)16/h4-5,15-16H,1-3H3,(H,11,12,13,14). The zero-order valence-electron chi connectivity index (χ0n) is 10.2. The molecule has 0 radical (unpaired) electrons. The Labute approximate surface area is 104 Å². The van der Waals surface area contributed by atoms with Gasteiger partial charge in [-0.05, 0) is 20.8 Å². The highest BCUT2D eigenvalue weighted by atomic mass is 16.6. The predicted octanol–water partition coefficient (Wildman–Crippen LogP) is 0.172. The Morgan fingerprint density at radius 3 is 2.33 bits per heavy atom. The minimum Gasteiger partial charge on any atom is -0.509 e. The topological polar surface area (TPSA) is 114 Å². The first-order valence-corrected chi connectivity index (χ1v) is 5.11. The summed E-state index contributed by atoms with van der Waals surface area (Å²) < 4.78 is 9.49. The Kier molecular flexibility index (Phi) is 4.46. The fourth-order valence-corrected chi connectivity index (χ4v) is 0.958. The van der Waals surface area contributed by atoms with Gasteiger partial charge in [0.1, 0.15) is 11.4 Å². The van der Waals surface area contributed by atoms with Gasteiger partial charge in [-0.1, -0.05) is 0 Å². The van der Waals surface area contributed by atoms with Crippen molar-refractivity contribution < 1.29 is 24.2 Å². The molecule has 98 valence electrons. The van der Waals surface area contributed by atoms with Crippen LogP contribution in [0.15, 0.2) is 12.4 Å². The summed E-state index contributed by atoms with van der Waals surface area (Å²) in [5, 5.41) is 19.4. The van der Waals surface area contributed by atoms with Gasteiger partial charge < -0.3 is 19.4 Å². The van der Waals surface area contributed by atoms with E-state index < -0.39 is 19.0 Å². The summed E-state index contributed by atoms with van der Waals surface area (Å²) in [5.41, 5.74) is -0.617. The maximum Gasteiger partial charge on any atom is 0.707 e. The molecule has 0 aliphatic rings. The van der Waals surface area contributed by atoms with E-state index in [1.54, 1.807) is 20.8 Å². The molecule has 0 aliphatic carbocycles. The van der Waals surface area contributed by atoms with Gasteiger partial charge in [-0.2, -0.15) is 0 Å². The number of amides is 1. The summed E-state index contributed by atoms with van der Waals surface area (Å²) in [4.78, 5) is 18.8. The van der Waals surface area contributed by atoms with Gasteiger partial charge in [0.25, 0.3) is 0 Å². The van der Waals surface area contributed by atoms with E-state index in [1.807, 2.05) is 0 Å². The molecule has 0 spiro atoms. The van der Waals surface area contributed by atoms with E-state index in [2.05, 4.69) is 19.9 Å². The summed E-state index contributed by atoms with van der Waals surface area (Å²) in [6.45, 7) is 5.19. The van der Waals surface area contributed by atoms with Crippen LogP contribution in [0.5, 0.6) is 5.75 Å². The van der Waals surface area contributed by atoms with Crippen LogP contribution in [0.25, 0.3) is 0 Å². The predicted molar refractivity (Wildman–Crippen MR) is 62.7 cm³/mol. The molecule has 1 aromatic rings. The number of nitrogens with zero attached hydrogens (tertiary/aromatic N) is 2. The van der Waals surface area contributed by atoms with Crippen molar-refractivity contribution in [2.75, 3.05) is 5.32 Å². The maximum absolute atomic E-state index is 11.4. The second-order valence-corrected chi connectivity index (χ2v) is 4.31. The van der Waals surface area contributed by atoms with Crippen LogP contribution in [0.3, 0.4) is 0 Å². The summed E-state index contributed by atoms with van der Waals surface area (Å²) in [5.74, 6) is 0.0729. The van der Waals surface area contributed by atoms with E-state index in [4.69, 9.17) is 14.8 Å². The lowest BCUT2D eigenvalue weighted by molar-refractivity contribution is 0.0634. The first-order chi connectivity index (χ1) is 8.26. The van der Waals surface area contributed by atoms with Gasteiger partial charge >= 0.3 is 13.4 Å². The molecular formula is C9H14BN3O5. The number of ether oxygens (including phenoxy) is 1. The molecule has 0 atom stereocenters. The lowest BCUT2D eigenvalue weighted by Gasteiger charge is -2.19. The van der Waals surface area contributed by atoms with Gasteiger partial charge in [0.05, 0.1) is 12.4 Å². The minimum absolute atomic E-state index is 0.0176. The quantitative estimate of drug-likeness (QED) is 0.659. The Bertz CT molecular complexity index is 404. The molecule has 9 heteroatoms. The molecule has 8 nitrogen and oxygen atoms in total. The molecule has 0 aromatic carbocycles. The largest absolute Gasteiger partial charge is 0.707 e. The van der Waals surface area contributed by atoms with Crippen molar-refractivity contribution in [1.29, 1.82) is 0 Å². The van der Waals surface area contributed by atoms with E-state index in [0.717, 1.165) is 0 Å². The summed E-state index contributed by atoms with van der Waals surface area (Å²) >= 11 is 0. The number of aromatic nitrogens is 2. The van der Waals surface area contributed by atoms with Crippen molar-refractivity contribution in [3.8, 4) is 5.75 Å². The Hall–Kier alpha value is -1.87. The van der Waals surface area contributed by atoms with E-state index in [-0.39, 0.29) is 11.7 Å². The Balaban J connectivity index is 2.56. The van der Waals surface area contributed by atoms with E-state index in [9.17, 15) is 4.79 Å². The summed E-state index contributed by atoms with van der Waals surface area (Å²) in [6, 6.07) is 0. The molecule has 1 heterocycles. The number of carbonyl (C=O) groups is 1. The van der Waals surface area contributed by atoms with Crippen LogP contribution in [0, 0.1) is 0 Å². The van der Waals surface area contributed by atoms with E-state index in [1.165, 1.54) is 12.4 Å². The van der Waals surface area contributed by atoms with Gasteiger partial charge in [0.15, 0.2) is 0 Å². The van der Waals surface area contributed by atoms with Crippen molar-refractivity contribution in [2.45, 2.75) is 26.4 Å². The monoisotopic (exact) mass is 255 g/mol. The highest BCUT2D eigenvalue weighted by Crippen LogP contribution is 2.11. The molecule has 0 fully saturated rings. The summed E-state index contributed by atoms with van der Waals surface area (Å²) in [7, 11) is -1.95. The minimum atomic E-state index is -1.95. The fraction of sp³-hybridized carbons (Fsp3) is 0.444. The van der Waals surface area contributed by atoms with Crippen molar-refractivity contribution in [3.05, 3.63) is 12.4 Å². The van der Waals surface area contributed by atoms with Crippen molar-refractivity contribution >= 4 is 19.4 Å². The smallest absolute Gasteiger partial charge is 0.509 e. The first kappa shape index (κ1) is 14.2. The van der Waals surface area contributed by atoms with Crippen LogP contribution < -0.4 is 9.97 Å². The molecule has 0 saturated carbocycles. The van der Waals surface area contributed by atoms with Crippen LogP contribution in [-0.2, 0) is 4.74 Å². The van der Waals surface area contributed by atoms with Crippen LogP contribution in [0.2, 0.25) is 0 Å². The highest BCUT2D eigenvalue weighted by Gasteiger charge is 2.17. The number of carbonyl (C=O) groups excluding carboxylic acids is 1. The Morgan fingerprint density at radius 2 is 1.89 bits per heavy atom. The number of anilines is 1. The SMILES string of the molecule is CC(C)(C)OC(=O)Nc1ncc(OB(O)O)cn1. The highest BCUT2D eigenvalue weighted by molar-refractivity contribution is 6.33. The molecule has 0 bridgehead atoms. The van der Waals surface area contributed by atoms with Gasteiger partial charge in [-0.15, -0.1) is 0 Å². The molecule has 1 aromatic heterocycles. The first-order valence-electron chi connectivity index (χ1n) is 5.11. The van der Waals surface area contributed by atoms with Gasteiger partial charge in [-0.25, -0.2) is 14.8 Å². The van der Waals surface area contributed by atoms with E-state index >= 15 is 0 Å². The van der Waals surface area contributed by atoms with Crippen LogP contribution >= 0.6 is 0 Å². The van der Waals surface area contributed by atoms with Crippen molar-refractivity contribution in [1.82, 2.24) is 9.97 Å². The molecule has 18 heavy (non-hydrogen) atoms. The molecule has 0 unspecified atom stereocenters. The number of rotatable bonds is 3. The zero-order valence-corrected chi connectivity index (χ0v) is 10.2. The number of nitrogens with one attached hydrogen (secondary N) is 1. The number of hydrogen-bond donors (Lipinski definition) is 3. The maximum atomic E-state index is 11.4. The molecule has 0 saturated heterocycles. The normalized spacial score (nSPS) is 10.7. The van der Waals surface area contributed by atoms with Gasteiger partial charge in [-0.3, -0.25) is 5.32 Å². The molecule has 3 N–H and O–H groups in total. The van der Waals surface area contributed by atoms with E-state index in [0.29, 0.717) is 0 Å². The van der Waals surface area contributed by atoms with Crippen LogP contribution in [0.4, 0.5) is 10.7 Å². The Morgan fingerprint density at radius 1 is 1.33 bits per heavy atom. The number of hydrogen-bond acceptors (Lipinski definition) is 7. The van der Waals surface area contributed by atoms with Gasteiger partial charge in [0.2, 0.25) is 5.95 Å². The second-order valence-electron chi connectivity index (χ2n) is 4.31. The summed E-state index contributed by atoms with van der Waals surface area (Å²) in [6.07, 6.45) is 1.68. The van der Waals surface area contributed by atoms with Gasteiger partial charge in [0, 0.05) is 0 Å². The lowest BCUT2D eigenvalue weighted by atomic mass is 10.2. The molecular weight excluding hydrogens is 241 g/mol. The third kappa shape index (κ3) is 5.46. The fourth-order valence-electron chi connectivity index (χ4n) is 0.958. The molecule has 1 rings (SSSR count). The van der Waals surface area contributed by atoms with Crippen LogP contribution in [-0.4, -0.2) is 39.0 Å². The lowest BCUT2D eigenvalue weighted by Crippen LogP contribution is -2.27. The van der Waals surface area contributed by atoms with Crippen molar-refractivity contribution in [3.63, 3.8) is 0 Å². The van der Waals surface area contributed by atoms with Crippen LogP contribution in [0.1, 0.15) is 20.8 Å².